The van der Waals surface area contributed by atoms with E-state index in [2.05, 4.69) is 16.6 Å². The molecule has 1 unspecified atom stereocenters. The van der Waals surface area contributed by atoms with Gasteiger partial charge in [-0.2, -0.15) is 0 Å². The molecule has 1 atom stereocenters. The number of amides is 1. The number of ether oxygens (including phenoxy) is 2. The molecule has 0 spiro atoms. The highest BCUT2D eigenvalue weighted by Gasteiger charge is 2.21. The van der Waals surface area contributed by atoms with Gasteiger partial charge in [0.25, 0.3) is 0 Å². The predicted molar refractivity (Wildman–Crippen MR) is 72.7 cm³/mol. The first kappa shape index (κ1) is 16.5. The van der Waals surface area contributed by atoms with E-state index in [4.69, 9.17) is 9.84 Å². The van der Waals surface area contributed by atoms with E-state index in [0.717, 1.165) is 0 Å². The largest absolute Gasteiger partial charge is 0.491 e. The molecule has 114 valence electrons. The first-order chi connectivity index (χ1) is 9.93. The molecule has 0 aromatic heterocycles. The van der Waals surface area contributed by atoms with Gasteiger partial charge in [-0.05, 0) is 30.7 Å². The summed E-state index contributed by atoms with van der Waals surface area (Å²) in [6, 6.07) is 2.74. The molecule has 0 bridgehead atoms. The van der Waals surface area contributed by atoms with Crippen LogP contribution in [0.3, 0.4) is 0 Å². The molecule has 0 heterocycles. The molecular weight excluding hydrogens is 281 g/mol. The lowest BCUT2D eigenvalue weighted by Crippen LogP contribution is -2.45. The average Bonchev–Trinajstić information content (AvgIpc) is 2.44. The summed E-state index contributed by atoms with van der Waals surface area (Å²) in [6.45, 7) is 4.57. The second-order valence-corrected chi connectivity index (χ2v) is 4.14. The van der Waals surface area contributed by atoms with Gasteiger partial charge in [0.15, 0.2) is 6.04 Å². The maximum absolute atomic E-state index is 13.1. The summed E-state index contributed by atoms with van der Waals surface area (Å²) in [4.78, 5) is 22.3. The van der Waals surface area contributed by atoms with E-state index < -0.39 is 18.1 Å². The number of aryl methyl sites for hydroxylation is 1. The quantitative estimate of drug-likeness (QED) is 0.751. The summed E-state index contributed by atoms with van der Waals surface area (Å²) < 4.78 is 22.9. The number of benzene rings is 1. The van der Waals surface area contributed by atoms with Gasteiger partial charge in [0.2, 0.25) is 0 Å². The molecule has 0 saturated carbocycles. The molecule has 7 heteroatoms. The minimum atomic E-state index is -1.28. The number of carboxylic acids is 1. The molecule has 0 aliphatic carbocycles. The number of nitrogens with one attached hydrogen (secondary N) is 1. The highest BCUT2D eigenvalue weighted by molar-refractivity contribution is 5.80. The first-order valence-corrected chi connectivity index (χ1v) is 6.10. The molecule has 2 N–H and O–H groups in total. The Morgan fingerprint density at radius 1 is 1.52 bits per heavy atom. The van der Waals surface area contributed by atoms with Crippen molar-refractivity contribution in [1.29, 1.82) is 0 Å². The van der Waals surface area contributed by atoms with E-state index in [1.54, 1.807) is 6.92 Å². The fraction of sp³-hybridized carbons (Fsp3) is 0.286. The Morgan fingerprint density at radius 3 is 2.81 bits per heavy atom. The van der Waals surface area contributed by atoms with Crippen molar-refractivity contribution in [2.45, 2.75) is 13.0 Å². The molecule has 1 aromatic rings. The first-order valence-electron chi connectivity index (χ1n) is 6.10. The average molecular weight is 297 g/mol. The molecule has 0 aliphatic rings. The molecule has 0 saturated heterocycles. The van der Waals surface area contributed by atoms with E-state index in [0.29, 0.717) is 11.3 Å². The minimum absolute atomic E-state index is 0.0316. The number of rotatable bonds is 7. The van der Waals surface area contributed by atoms with Crippen molar-refractivity contribution in [3.8, 4) is 5.75 Å². The smallest absolute Gasteiger partial charge is 0.408 e. The van der Waals surface area contributed by atoms with Gasteiger partial charge in [-0.25, -0.2) is 14.0 Å². The Balaban J connectivity index is 2.58. The summed E-state index contributed by atoms with van der Waals surface area (Å²) in [5.41, 5.74) is 0.373. The van der Waals surface area contributed by atoms with Gasteiger partial charge in [-0.1, -0.05) is 12.7 Å². The zero-order chi connectivity index (χ0) is 15.8. The number of aliphatic carboxylic acids is 1. The maximum Gasteiger partial charge on any atom is 0.408 e. The number of alkyl carbamates (subject to hydrolysis) is 1. The Morgan fingerprint density at radius 2 is 2.24 bits per heavy atom. The van der Waals surface area contributed by atoms with Crippen LogP contribution in [0.1, 0.15) is 5.56 Å². The third-order valence-corrected chi connectivity index (χ3v) is 2.47. The van der Waals surface area contributed by atoms with Crippen LogP contribution < -0.4 is 10.1 Å². The van der Waals surface area contributed by atoms with Crippen LogP contribution in [0.4, 0.5) is 9.18 Å². The minimum Gasteiger partial charge on any atom is -0.491 e. The number of carbonyl (C=O) groups excluding carboxylic acids is 1. The highest BCUT2D eigenvalue weighted by Crippen LogP contribution is 2.16. The zero-order valence-corrected chi connectivity index (χ0v) is 11.5. The van der Waals surface area contributed by atoms with Crippen molar-refractivity contribution in [3.05, 3.63) is 42.2 Å². The van der Waals surface area contributed by atoms with Crippen molar-refractivity contribution in [2.24, 2.45) is 0 Å². The Bertz CT molecular complexity index is 532. The number of carbonyl (C=O) groups is 2. The van der Waals surface area contributed by atoms with Crippen LogP contribution in [-0.2, 0) is 9.53 Å². The van der Waals surface area contributed by atoms with Crippen LogP contribution in [-0.4, -0.2) is 36.4 Å². The standard InChI is InChI=1S/C14H16FNO5/c1-3-6-20-14(19)16-12(13(17)18)8-21-10-4-5-11(15)9(2)7-10/h3-5,7,12H,1,6,8H2,2H3,(H,16,19)(H,17,18). The van der Waals surface area contributed by atoms with Crippen LogP contribution >= 0.6 is 0 Å². The van der Waals surface area contributed by atoms with Crippen molar-refractivity contribution in [2.75, 3.05) is 13.2 Å². The van der Waals surface area contributed by atoms with Gasteiger partial charge in [0.05, 0.1) is 0 Å². The second kappa shape index (κ2) is 7.88. The molecule has 0 aliphatic heterocycles. The van der Waals surface area contributed by atoms with Gasteiger partial charge < -0.3 is 19.9 Å². The fourth-order valence-corrected chi connectivity index (χ4v) is 1.38. The summed E-state index contributed by atoms with van der Waals surface area (Å²) in [5, 5.41) is 11.1. The normalized spacial score (nSPS) is 11.3. The van der Waals surface area contributed by atoms with Gasteiger partial charge in [0.1, 0.15) is 24.8 Å². The summed E-state index contributed by atoms with van der Waals surface area (Å²) in [7, 11) is 0. The van der Waals surface area contributed by atoms with E-state index in [1.165, 1.54) is 24.3 Å². The van der Waals surface area contributed by atoms with Crippen molar-refractivity contribution < 1.29 is 28.6 Å². The van der Waals surface area contributed by atoms with Gasteiger partial charge in [-0.3, -0.25) is 0 Å². The Hall–Kier alpha value is -2.57. The number of carboxylic acid groups (broad SMARTS) is 1. The lowest BCUT2D eigenvalue weighted by atomic mass is 10.2. The van der Waals surface area contributed by atoms with Gasteiger partial charge in [0, 0.05) is 0 Å². The molecule has 21 heavy (non-hydrogen) atoms. The monoisotopic (exact) mass is 297 g/mol. The van der Waals surface area contributed by atoms with Crippen molar-refractivity contribution >= 4 is 12.1 Å². The van der Waals surface area contributed by atoms with E-state index >= 15 is 0 Å². The SMILES string of the molecule is C=CCOC(=O)NC(COc1ccc(F)c(C)c1)C(=O)O. The summed E-state index contributed by atoms with van der Waals surface area (Å²) >= 11 is 0. The lowest BCUT2D eigenvalue weighted by Gasteiger charge is -2.15. The predicted octanol–water partition coefficient (Wildman–Crippen LogP) is 1.88. The molecular formula is C14H16FNO5. The highest BCUT2D eigenvalue weighted by atomic mass is 19.1. The van der Waals surface area contributed by atoms with E-state index in [-0.39, 0.29) is 19.0 Å². The molecule has 0 radical (unpaired) electrons. The number of hydrogen-bond donors (Lipinski definition) is 2. The molecule has 6 nitrogen and oxygen atoms in total. The maximum atomic E-state index is 13.1. The lowest BCUT2D eigenvalue weighted by molar-refractivity contribution is -0.140. The van der Waals surface area contributed by atoms with E-state index in [1.807, 2.05) is 0 Å². The summed E-state index contributed by atoms with van der Waals surface area (Å²) in [6.07, 6.45) is 0.467. The van der Waals surface area contributed by atoms with E-state index in [9.17, 15) is 14.0 Å². The number of hydrogen-bond acceptors (Lipinski definition) is 4. The van der Waals surface area contributed by atoms with Crippen molar-refractivity contribution in [1.82, 2.24) is 5.32 Å². The van der Waals surface area contributed by atoms with Gasteiger partial charge >= 0.3 is 12.1 Å². The van der Waals surface area contributed by atoms with Crippen LogP contribution in [0.15, 0.2) is 30.9 Å². The van der Waals surface area contributed by atoms with Crippen LogP contribution in [0.2, 0.25) is 0 Å². The van der Waals surface area contributed by atoms with Crippen LogP contribution in [0.25, 0.3) is 0 Å². The fourth-order valence-electron chi connectivity index (χ4n) is 1.38. The Kier molecular flexibility index (Phi) is 6.19. The third kappa shape index (κ3) is 5.52. The molecule has 1 aromatic carbocycles. The molecule has 1 amide bonds. The summed E-state index contributed by atoms with van der Waals surface area (Å²) in [5.74, 6) is -1.35. The zero-order valence-electron chi connectivity index (χ0n) is 11.5. The van der Waals surface area contributed by atoms with Gasteiger partial charge in [-0.15, -0.1) is 0 Å². The third-order valence-electron chi connectivity index (χ3n) is 2.47. The molecule has 0 fully saturated rings. The van der Waals surface area contributed by atoms with Crippen LogP contribution in [0, 0.1) is 12.7 Å². The second-order valence-electron chi connectivity index (χ2n) is 4.14. The molecule has 1 rings (SSSR count). The number of halogens is 1. The van der Waals surface area contributed by atoms with Crippen LogP contribution in [0.5, 0.6) is 5.75 Å². The van der Waals surface area contributed by atoms with Crippen molar-refractivity contribution in [3.63, 3.8) is 0 Å². The Labute approximate surface area is 121 Å². The topological polar surface area (TPSA) is 84.9 Å².